The Morgan fingerprint density at radius 2 is 2.29 bits per heavy atom. The zero-order chi connectivity index (χ0) is 9.80. The van der Waals surface area contributed by atoms with Gasteiger partial charge in [-0.15, -0.1) is 0 Å². The second-order valence-corrected chi connectivity index (χ2v) is 2.93. The summed E-state index contributed by atoms with van der Waals surface area (Å²) in [4.78, 5) is 8.14. The number of imidazole rings is 1. The van der Waals surface area contributed by atoms with Crippen LogP contribution in [-0.4, -0.2) is 21.1 Å². The van der Waals surface area contributed by atoms with Crippen molar-refractivity contribution >= 4 is 5.69 Å². The number of anilines is 1. The molecule has 0 spiro atoms. The topological polar surface area (TPSA) is 42.7 Å². The van der Waals surface area contributed by atoms with Crippen LogP contribution >= 0.6 is 0 Å². The monoisotopic (exact) mass is 188 g/mol. The van der Waals surface area contributed by atoms with E-state index in [2.05, 4.69) is 22.2 Å². The molecule has 2 aromatic heterocycles. The number of aromatic nitrogens is 3. The number of pyridine rings is 1. The lowest BCUT2D eigenvalue weighted by Gasteiger charge is -2.05. The summed E-state index contributed by atoms with van der Waals surface area (Å²) in [5, 5.41) is 3.21. The van der Waals surface area contributed by atoms with Gasteiger partial charge in [-0.05, 0) is 13.0 Å². The molecule has 2 heterocycles. The minimum Gasteiger partial charge on any atom is -0.384 e. The Morgan fingerprint density at radius 3 is 3.00 bits per heavy atom. The van der Waals surface area contributed by atoms with Crippen molar-refractivity contribution in [3.8, 4) is 5.69 Å². The third-order valence-corrected chi connectivity index (χ3v) is 1.91. The average Bonchev–Trinajstić information content (AvgIpc) is 2.71. The van der Waals surface area contributed by atoms with Crippen molar-refractivity contribution in [1.29, 1.82) is 0 Å². The molecule has 0 radical (unpaired) electrons. The van der Waals surface area contributed by atoms with E-state index in [0.29, 0.717) is 0 Å². The van der Waals surface area contributed by atoms with Crippen LogP contribution in [0.5, 0.6) is 0 Å². The molecule has 4 nitrogen and oxygen atoms in total. The Balaban J connectivity index is 2.31. The molecule has 14 heavy (non-hydrogen) atoms. The zero-order valence-electron chi connectivity index (χ0n) is 8.01. The molecule has 2 rings (SSSR count). The van der Waals surface area contributed by atoms with E-state index >= 15 is 0 Å². The molecule has 0 atom stereocenters. The minimum absolute atomic E-state index is 0.898. The molecule has 0 unspecified atom stereocenters. The van der Waals surface area contributed by atoms with Crippen molar-refractivity contribution in [2.75, 3.05) is 11.9 Å². The fourth-order valence-corrected chi connectivity index (χ4v) is 1.28. The summed E-state index contributed by atoms with van der Waals surface area (Å²) < 4.78 is 1.92. The molecule has 0 aromatic carbocycles. The van der Waals surface area contributed by atoms with Crippen LogP contribution < -0.4 is 5.32 Å². The molecule has 0 saturated heterocycles. The van der Waals surface area contributed by atoms with Crippen LogP contribution in [-0.2, 0) is 0 Å². The van der Waals surface area contributed by atoms with E-state index in [-0.39, 0.29) is 0 Å². The Labute approximate surface area is 82.6 Å². The van der Waals surface area contributed by atoms with Gasteiger partial charge in [0, 0.05) is 18.9 Å². The quantitative estimate of drug-likeness (QED) is 0.797. The van der Waals surface area contributed by atoms with Gasteiger partial charge in [-0.25, -0.2) is 4.98 Å². The number of rotatable bonds is 3. The molecule has 0 bridgehead atoms. The minimum atomic E-state index is 0.898. The van der Waals surface area contributed by atoms with Crippen LogP contribution in [0.1, 0.15) is 6.92 Å². The Bertz CT molecular complexity index is 394. The molecule has 0 fully saturated rings. The van der Waals surface area contributed by atoms with E-state index in [1.165, 1.54) is 0 Å². The first-order valence-corrected chi connectivity index (χ1v) is 4.57. The summed E-state index contributed by atoms with van der Waals surface area (Å²) in [5.41, 5.74) is 2.04. The van der Waals surface area contributed by atoms with Gasteiger partial charge in [-0.1, -0.05) is 0 Å². The summed E-state index contributed by atoms with van der Waals surface area (Å²) >= 11 is 0. The summed E-state index contributed by atoms with van der Waals surface area (Å²) in [6, 6.07) is 2.04. The highest BCUT2D eigenvalue weighted by molar-refractivity contribution is 5.48. The van der Waals surface area contributed by atoms with Gasteiger partial charge in [0.15, 0.2) is 0 Å². The van der Waals surface area contributed by atoms with Crippen LogP contribution in [0.3, 0.4) is 0 Å². The van der Waals surface area contributed by atoms with Crippen molar-refractivity contribution in [2.24, 2.45) is 0 Å². The second kappa shape index (κ2) is 3.91. The first-order chi connectivity index (χ1) is 6.90. The molecule has 0 aliphatic rings. The first kappa shape index (κ1) is 8.74. The van der Waals surface area contributed by atoms with E-state index in [4.69, 9.17) is 0 Å². The van der Waals surface area contributed by atoms with E-state index in [1.54, 1.807) is 12.5 Å². The summed E-state index contributed by atoms with van der Waals surface area (Å²) in [6.45, 7) is 2.96. The standard InChI is InChI=1S/C10H12N4/c1-2-13-9-5-10(7-12-6-9)14-4-3-11-8-14/h3-8,13H,2H2,1H3. The maximum Gasteiger partial charge on any atom is 0.0992 e. The SMILES string of the molecule is CCNc1cncc(-n2ccnc2)c1. The molecule has 0 saturated carbocycles. The van der Waals surface area contributed by atoms with Crippen LogP contribution in [0.4, 0.5) is 5.69 Å². The van der Waals surface area contributed by atoms with Crippen molar-refractivity contribution in [1.82, 2.24) is 14.5 Å². The van der Waals surface area contributed by atoms with E-state index in [9.17, 15) is 0 Å². The second-order valence-electron chi connectivity index (χ2n) is 2.93. The predicted octanol–water partition coefficient (Wildman–Crippen LogP) is 1.70. The summed E-state index contributed by atoms with van der Waals surface area (Å²) in [7, 11) is 0. The number of hydrogen-bond acceptors (Lipinski definition) is 3. The van der Waals surface area contributed by atoms with Crippen LogP contribution in [0, 0.1) is 0 Å². The molecule has 0 amide bonds. The lowest BCUT2D eigenvalue weighted by molar-refractivity contribution is 1.04. The largest absolute Gasteiger partial charge is 0.384 e. The van der Waals surface area contributed by atoms with Gasteiger partial charge in [0.05, 0.1) is 30.1 Å². The van der Waals surface area contributed by atoms with Crippen LogP contribution in [0.25, 0.3) is 5.69 Å². The van der Waals surface area contributed by atoms with Gasteiger partial charge in [-0.3, -0.25) is 4.98 Å². The van der Waals surface area contributed by atoms with E-state index < -0.39 is 0 Å². The van der Waals surface area contributed by atoms with Gasteiger partial charge in [-0.2, -0.15) is 0 Å². The lowest BCUT2D eigenvalue weighted by Crippen LogP contribution is -1.99. The zero-order valence-corrected chi connectivity index (χ0v) is 8.01. The third-order valence-electron chi connectivity index (χ3n) is 1.91. The smallest absolute Gasteiger partial charge is 0.0992 e. The summed E-state index contributed by atoms with van der Waals surface area (Å²) in [6.07, 6.45) is 9.02. The highest BCUT2D eigenvalue weighted by Crippen LogP contribution is 2.11. The van der Waals surface area contributed by atoms with E-state index in [1.807, 2.05) is 29.2 Å². The van der Waals surface area contributed by atoms with Crippen molar-refractivity contribution in [3.05, 3.63) is 37.2 Å². The third kappa shape index (κ3) is 1.74. The maximum atomic E-state index is 4.15. The number of nitrogens with one attached hydrogen (secondary N) is 1. The number of nitrogens with zero attached hydrogens (tertiary/aromatic N) is 3. The normalized spacial score (nSPS) is 10.1. The fraction of sp³-hybridized carbons (Fsp3) is 0.200. The average molecular weight is 188 g/mol. The molecular formula is C10H12N4. The molecule has 2 aromatic rings. The van der Waals surface area contributed by atoms with Crippen molar-refractivity contribution in [3.63, 3.8) is 0 Å². The first-order valence-electron chi connectivity index (χ1n) is 4.57. The molecule has 0 aliphatic carbocycles. The highest BCUT2D eigenvalue weighted by Gasteiger charge is 1.96. The van der Waals surface area contributed by atoms with Gasteiger partial charge >= 0.3 is 0 Å². The predicted molar refractivity (Wildman–Crippen MR) is 55.5 cm³/mol. The van der Waals surface area contributed by atoms with Gasteiger partial charge in [0.25, 0.3) is 0 Å². The van der Waals surface area contributed by atoms with Crippen LogP contribution in [0.2, 0.25) is 0 Å². The molecule has 0 aliphatic heterocycles. The maximum absolute atomic E-state index is 4.15. The van der Waals surface area contributed by atoms with Crippen molar-refractivity contribution < 1.29 is 0 Å². The Kier molecular flexibility index (Phi) is 2.44. The fourth-order valence-electron chi connectivity index (χ4n) is 1.28. The molecule has 72 valence electrons. The van der Waals surface area contributed by atoms with Gasteiger partial charge < -0.3 is 9.88 Å². The molecule has 1 N–H and O–H groups in total. The highest BCUT2D eigenvalue weighted by atomic mass is 15.0. The Hall–Kier alpha value is -1.84. The van der Waals surface area contributed by atoms with Crippen LogP contribution in [0.15, 0.2) is 37.2 Å². The lowest BCUT2D eigenvalue weighted by atomic mass is 10.3. The molecular weight excluding hydrogens is 176 g/mol. The Morgan fingerprint density at radius 1 is 1.36 bits per heavy atom. The molecule has 4 heteroatoms. The summed E-state index contributed by atoms with van der Waals surface area (Å²) in [5.74, 6) is 0. The van der Waals surface area contributed by atoms with Gasteiger partial charge in [0.1, 0.15) is 0 Å². The van der Waals surface area contributed by atoms with Gasteiger partial charge in [0.2, 0.25) is 0 Å². The van der Waals surface area contributed by atoms with Crippen molar-refractivity contribution in [2.45, 2.75) is 6.92 Å². The number of hydrogen-bond donors (Lipinski definition) is 1. The van der Waals surface area contributed by atoms with E-state index in [0.717, 1.165) is 17.9 Å².